The normalized spacial score (nSPS) is 11.1. The average Bonchev–Trinajstić information content (AvgIpc) is 3.32. The van der Waals surface area contributed by atoms with Crippen LogP contribution in [0.3, 0.4) is 0 Å². The highest BCUT2D eigenvalue weighted by molar-refractivity contribution is 9.10. The number of carboxylic acid groups (broad SMARTS) is 1. The largest absolute Gasteiger partial charge is 0.496 e. The van der Waals surface area contributed by atoms with Crippen molar-refractivity contribution in [3.63, 3.8) is 0 Å². The Kier molecular flexibility index (Phi) is 7.67. The first-order valence-corrected chi connectivity index (χ1v) is 11.0. The molecule has 2 aromatic heterocycles. The fourth-order valence-corrected chi connectivity index (χ4v) is 4.17. The maximum atomic E-state index is 12.8. The second-order valence-corrected chi connectivity index (χ2v) is 8.45. The van der Waals surface area contributed by atoms with Crippen molar-refractivity contribution in [2.24, 2.45) is 0 Å². The van der Waals surface area contributed by atoms with E-state index in [4.69, 9.17) is 24.1 Å². The summed E-state index contributed by atoms with van der Waals surface area (Å²) < 4.78 is 18.7. The molecule has 4 aromatic rings. The van der Waals surface area contributed by atoms with Crippen LogP contribution in [-0.4, -0.2) is 47.0 Å². The van der Waals surface area contributed by atoms with Gasteiger partial charge in [0.15, 0.2) is 17.3 Å². The predicted molar refractivity (Wildman–Crippen MR) is 128 cm³/mol. The van der Waals surface area contributed by atoms with E-state index >= 15 is 0 Å². The number of benzene rings is 2. The molecule has 0 aliphatic heterocycles. The van der Waals surface area contributed by atoms with Crippen molar-refractivity contribution in [3.05, 3.63) is 61.3 Å². The van der Waals surface area contributed by atoms with Crippen molar-refractivity contribution in [1.82, 2.24) is 14.6 Å². The van der Waals surface area contributed by atoms with Gasteiger partial charge < -0.3 is 19.3 Å². The number of ether oxygens (including phenoxy) is 3. The predicted octanol–water partition coefficient (Wildman–Crippen LogP) is 3.24. The van der Waals surface area contributed by atoms with Crippen LogP contribution in [0, 0.1) is 0 Å². The van der Waals surface area contributed by atoms with E-state index in [-0.39, 0.29) is 5.56 Å². The van der Waals surface area contributed by atoms with Crippen LogP contribution in [0.25, 0.3) is 22.4 Å². The Balaban J connectivity index is 0.000000709. The number of hydrogen-bond donors (Lipinski definition) is 1. The topological polar surface area (TPSA) is 112 Å². The number of hydrogen-bond acceptors (Lipinski definition) is 8. The van der Waals surface area contributed by atoms with Crippen LogP contribution in [0.5, 0.6) is 17.2 Å². The number of nitrogens with zero attached hydrogens (tertiary/aromatic N) is 3. The summed E-state index contributed by atoms with van der Waals surface area (Å²) in [5.41, 5.74) is 1.30. The molecule has 0 atom stereocenters. The van der Waals surface area contributed by atoms with Crippen LogP contribution >= 0.6 is 27.3 Å². The molecule has 0 saturated carbocycles. The van der Waals surface area contributed by atoms with E-state index in [1.165, 1.54) is 15.9 Å². The van der Waals surface area contributed by atoms with Gasteiger partial charge in [-0.05, 0) is 42.5 Å². The van der Waals surface area contributed by atoms with Gasteiger partial charge in [-0.15, -0.1) is 5.10 Å². The van der Waals surface area contributed by atoms with Gasteiger partial charge in [0.05, 0.1) is 25.9 Å². The van der Waals surface area contributed by atoms with E-state index in [1.54, 1.807) is 39.5 Å². The van der Waals surface area contributed by atoms with Gasteiger partial charge in [0, 0.05) is 22.5 Å². The first kappa shape index (κ1) is 24.2. The van der Waals surface area contributed by atoms with E-state index in [0.29, 0.717) is 32.6 Å². The molecule has 0 fully saturated rings. The summed E-state index contributed by atoms with van der Waals surface area (Å²) in [5, 5.41) is 11.8. The van der Waals surface area contributed by atoms with Gasteiger partial charge in [0.2, 0.25) is 4.96 Å². The molecule has 33 heavy (non-hydrogen) atoms. The number of carbonyl (C=O) groups is 1. The number of thiazole rings is 1. The van der Waals surface area contributed by atoms with Crippen LogP contribution < -0.4 is 24.3 Å². The number of carboxylic acids is 1. The molecular weight excluding hydrogens is 514 g/mol. The Labute approximate surface area is 201 Å². The van der Waals surface area contributed by atoms with E-state index in [9.17, 15) is 4.79 Å². The molecule has 172 valence electrons. The van der Waals surface area contributed by atoms with Gasteiger partial charge in [0.1, 0.15) is 5.75 Å². The minimum atomic E-state index is -0.833. The fourth-order valence-electron chi connectivity index (χ4n) is 2.89. The number of fused-ring (bicyclic) bond motifs is 1. The number of rotatable bonds is 5. The smallest absolute Gasteiger partial charge is 0.300 e. The lowest BCUT2D eigenvalue weighted by atomic mass is 10.2. The maximum Gasteiger partial charge on any atom is 0.300 e. The van der Waals surface area contributed by atoms with Crippen molar-refractivity contribution in [1.29, 1.82) is 0 Å². The van der Waals surface area contributed by atoms with Gasteiger partial charge in [0.25, 0.3) is 11.5 Å². The van der Waals surface area contributed by atoms with Gasteiger partial charge in [-0.2, -0.15) is 9.50 Å². The van der Waals surface area contributed by atoms with Crippen molar-refractivity contribution in [2.45, 2.75) is 6.92 Å². The molecule has 2 heterocycles. The summed E-state index contributed by atoms with van der Waals surface area (Å²) >= 11 is 4.71. The van der Waals surface area contributed by atoms with Crippen molar-refractivity contribution >= 4 is 44.3 Å². The highest BCUT2D eigenvalue weighted by Crippen LogP contribution is 2.31. The van der Waals surface area contributed by atoms with Crippen LogP contribution in [0.2, 0.25) is 0 Å². The molecule has 2 aromatic carbocycles. The SMILES string of the molecule is CC(=O)O.COc1ccc(Br)cc1/C=c1\sc2nc(-c3ccc(OC)c(OC)c3)nn2c1=O. The fraction of sp³-hybridized carbons (Fsp3) is 0.182. The molecule has 1 N–H and O–H groups in total. The van der Waals surface area contributed by atoms with E-state index in [2.05, 4.69) is 26.0 Å². The second kappa shape index (κ2) is 10.5. The molecule has 0 radical (unpaired) electrons. The van der Waals surface area contributed by atoms with E-state index < -0.39 is 5.97 Å². The molecule has 0 aliphatic carbocycles. The molecule has 0 bridgehead atoms. The van der Waals surface area contributed by atoms with Crippen LogP contribution in [0.4, 0.5) is 0 Å². The summed E-state index contributed by atoms with van der Waals surface area (Å²) in [4.78, 5) is 26.9. The zero-order valence-electron chi connectivity index (χ0n) is 18.2. The highest BCUT2D eigenvalue weighted by atomic mass is 79.9. The van der Waals surface area contributed by atoms with E-state index in [1.807, 2.05) is 24.3 Å². The molecule has 4 rings (SSSR count). The lowest BCUT2D eigenvalue weighted by Crippen LogP contribution is -2.23. The summed E-state index contributed by atoms with van der Waals surface area (Å²) in [6.45, 7) is 1.08. The first-order chi connectivity index (χ1) is 15.8. The molecule has 9 nitrogen and oxygen atoms in total. The number of aliphatic carboxylic acids is 1. The first-order valence-electron chi connectivity index (χ1n) is 9.44. The Morgan fingerprint density at radius 1 is 1.06 bits per heavy atom. The minimum absolute atomic E-state index is 0.230. The van der Waals surface area contributed by atoms with Gasteiger partial charge in [-0.3, -0.25) is 9.59 Å². The zero-order valence-corrected chi connectivity index (χ0v) is 20.6. The van der Waals surface area contributed by atoms with E-state index in [0.717, 1.165) is 22.5 Å². The summed E-state index contributed by atoms with van der Waals surface area (Å²) in [6, 6.07) is 11.0. The molecule has 0 saturated heterocycles. The van der Waals surface area contributed by atoms with Crippen LogP contribution in [0.1, 0.15) is 12.5 Å². The van der Waals surface area contributed by atoms with Gasteiger partial charge >= 0.3 is 0 Å². The van der Waals surface area contributed by atoms with Gasteiger partial charge in [-0.1, -0.05) is 27.3 Å². The number of halogens is 1. The minimum Gasteiger partial charge on any atom is -0.496 e. The monoisotopic (exact) mass is 533 g/mol. The molecule has 11 heteroatoms. The molecule has 0 amide bonds. The number of methoxy groups -OCH3 is 3. The Hall–Kier alpha value is -3.44. The van der Waals surface area contributed by atoms with Crippen molar-refractivity contribution < 1.29 is 24.1 Å². The molecule has 0 spiro atoms. The maximum absolute atomic E-state index is 12.8. The zero-order chi connectivity index (χ0) is 24.1. The summed E-state index contributed by atoms with van der Waals surface area (Å²) in [7, 11) is 4.73. The Morgan fingerprint density at radius 2 is 1.70 bits per heavy atom. The third kappa shape index (κ3) is 5.49. The molecule has 0 unspecified atom stereocenters. The lowest BCUT2D eigenvalue weighted by molar-refractivity contribution is -0.134. The standard InChI is InChI=1S/C20H16BrN3O4S.C2H4O2/c1-26-14-7-5-13(21)8-12(14)10-17-19(25)24-20(29-17)22-18(23-24)11-4-6-15(27-2)16(9-11)28-3;1-2(3)4/h4-10H,1-3H3;1H3,(H,3,4)/b17-10-;. The van der Waals surface area contributed by atoms with Crippen molar-refractivity contribution in [2.75, 3.05) is 21.3 Å². The molecular formula is C22H20BrN3O6S. The Morgan fingerprint density at radius 3 is 2.30 bits per heavy atom. The quantitative estimate of drug-likeness (QED) is 0.416. The van der Waals surface area contributed by atoms with Crippen molar-refractivity contribution in [3.8, 4) is 28.6 Å². The third-order valence-electron chi connectivity index (χ3n) is 4.30. The number of aromatic nitrogens is 3. The highest BCUT2D eigenvalue weighted by Gasteiger charge is 2.14. The molecule has 0 aliphatic rings. The Bertz CT molecular complexity index is 1410. The third-order valence-corrected chi connectivity index (χ3v) is 5.75. The van der Waals surface area contributed by atoms with Crippen LogP contribution in [0.15, 0.2) is 45.7 Å². The summed E-state index contributed by atoms with van der Waals surface area (Å²) in [6.07, 6.45) is 1.78. The second-order valence-electron chi connectivity index (χ2n) is 6.52. The van der Waals surface area contributed by atoms with Crippen LogP contribution in [-0.2, 0) is 4.79 Å². The average molecular weight is 534 g/mol. The lowest BCUT2D eigenvalue weighted by Gasteiger charge is -2.07. The summed E-state index contributed by atoms with van der Waals surface area (Å²) in [5.74, 6) is 1.47. The van der Waals surface area contributed by atoms with Gasteiger partial charge in [-0.25, -0.2) is 0 Å².